The van der Waals surface area contributed by atoms with Crippen LogP contribution in [0.1, 0.15) is 52.5 Å². The van der Waals surface area contributed by atoms with Crippen molar-refractivity contribution in [2.45, 2.75) is 66.1 Å². The van der Waals surface area contributed by atoms with Gasteiger partial charge in [0.1, 0.15) is 0 Å². The number of rotatable bonds is 8. The number of piperidine rings is 1. The lowest BCUT2D eigenvalue weighted by atomic mass is 9.93. The number of hydrogen-bond donors (Lipinski definition) is 1. The minimum Gasteiger partial charge on any atom is -0.338 e. The van der Waals surface area contributed by atoms with E-state index in [1.165, 1.54) is 25.9 Å². The van der Waals surface area contributed by atoms with Crippen LogP contribution in [0.25, 0.3) is 0 Å². The van der Waals surface area contributed by atoms with Crippen molar-refractivity contribution in [3.05, 3.63) is 18.0 Å². The molecule has 0 aliphatic carbocycles. The summed E-state index contributed by atoms with van der Waals surface area (Å²) in [7, 11) is 0. The average molecular weight is 350 g/mol. The quantitative estimate of drug-likeness (QED) is 0.785. The van der Waals surface area contributed by atoms with Gasteiger partial charge in [-0.05, 0) is 66.0 Å². The lowest BCUT2D eigenvalue weighted by Crippen LogP contribution is -2.41. The molecule has 2 amide bonds. The Bertz CT molecular complexity index is 520. The molecule has 142 valence electrons. The van der Waals surface area contributed by atoms with Gasteiger partial charge in [-0.25, -0.2) is 4.79 Å². The van der Waals surface area contributed by atoms with Crippen molar-refractivity contribution < 1.29 is 4.79 Å². The molecule has 1 aliphatic heterocycles. The molecule has 6 nitrogen and oxygen atoms in total. The molecule has 2 heterocycles. The highest BCUT2D eigenvalue weighted by Gasteiger charge is 2.21. The maximum absolute atomic E-state index is 12.4. The summed E-state index contributed by atoms with van der Waals surface area (Å²) in [6, 6.07) is 0.683. The zero-order valence-corrected chi connectivity index (χ0v) is 16.4. The Kier molecular flexibility index (Phi) is 7.75. The SMILES string of the molecule is CCN(Cc1cnn(CC)c1)C(=O)NCCC1CCN(C(C)C)CC1. The van der Waals surface area contributed by atoms with E-state index >= 15 is 0 Å². The van der Waals surface area contributed by atoms with Gasteiger partial charge in [-0.2, -0.15) is 5.10 Å². The molecule has 0 radical (unpaired) electrons. The second-order valence-electron chi connectivity index (χ2n) is 7.31. The van der Waals surface area contributed by atoms with Crippen molar-refractivity contribution in [2.75, 3.05) is 26.2 Å². The summed E-state index contributed by atoms with van der Waals surface area (Å²) in [5, 5.41) is 7.38. The van der Waals surface area contributed by atoms with E-state index in [0.29, 0.717) is 19.1 Å². The molecule has 0 atom stereocenters. The highest BCUT2D eigenvalue weighted by molar-refractivity contribution is 5.74. The molecule has 0 aromatic carbocycles. The Morgan fingerprint density at radius 3 is 2.64 bits per heavy atom. The smallest absolute Gasteiger partial charge is 0.317 e. The number of hydrogen-bond acceptors (Lipinski definition) is 3. The van der Waals surface area contributed by atoms with Gasteiger partial charge in [0.05, 0.1) is 12.7 Å². The minimum absolute atomic E-state index is 0.0337. The first-order chi connectivity index (χ1) is 12.0. The molecule has 0 bridgehead atoms. The van der Waals surface area contributed by atoms with E-state index in [4.69, 9.17) is 0 Å². The zero-order chi connectivity index (χ0) is 18.2. The third-order valence-corrected chi connectivity index (χ3v) is 5.26. The predicted octanol–water partition coefficient (Wildman–Crippen LogP) is 2.95. The summed E-state index contributed by atoms with van der Waals surface area (Å²) in [6.07, 6.45) is 7.45. The number of nitrogens with one attached hydrogen (secondary N) is 1. The molecule has 0 unspecified atom stereocenters. The van der Waals surface area contributed by atoms with Gasteiger partial charge in [0.2, 0.25) is 0 Å². The van der Waals surface area contributed by atoms with Gasteiger partial charge >= 0.3 is 6.03 Å². The topological polar surface area (TPSA) is 53.4 Å². The van der Waals surface area contributed by atoms with E-state index in [9.17, 15) is 4.79 Å². The van der Waals surface area contributed by atoms with Crippen LogP contribution in [0, 0.1) is 5.92 Å². The number of likely N-dealkylation sites (tertiary alicyclic amines) is 1. The fourth-order valence-corrected chi connectivity index (χ4v) is 3.46. The fraction of sp³-hybridized carbons (Fsp3) is 0.789. The largest absolute Gasteiger partial charge is 0.338 e. The van der Waals surface area contributed by atoms with Crippen LogP contribution >= 0.6 is 0 Å². The van der Waals surface area contributed by atoms with Gasteiger partial charge in [0, 0.05) is 37.4 Å². The summed E-state index contributed by atoms with van der Waals surface area (Å²) in [6.45, 7) is 14.0. The third-order valence-electron chi connectivity index (χ3n) is 5.26. The van der Waals surface area contributed by atoms with Crippen LogP contribution in [0.15, 0.2) is 12.4 Å². The molecule has 0 saturated carbocycles. The predicted molar refractivity (Wildman–Crippen MR) is 101 cm³/mol. The molecule has 25 heavy (non-hydrogen) atoms. The molecule has 1 aliphatic rings. The van der Waals surface area contributed by atoms with Crippen molar-refractivity contribution in [1.29, 1.82) is 0 Å². The van der Waals surface area contributed by atoms with Crippen molar-refractivity contribution in [1.82, 2.24) is 24.9 Å². The molecule has 2 rings (SSSR count). The first-order valence-electron chi connectivity index (χ1n) is 9.81. The van der Waals surface area contributed by atoms with Crippen molar-refractivity contribution in [3.63, 3.8) is 0 Å². The van der Waals surface area contributed by atoms with Gasteiger partial charge < -0.3 is 15.1 Å². The van der Waals surface area contributed by atoms with Crippen LogP contribution in [0.2, 0.25) is 0 Å². The maximum Gasteiger partial charge on any atom is 0.317 e. The Labute approximate surface area is 152 Å². The second-order valence-corrected chi connectivity index (χ2v) is 7.31. The summed E-state index contributed by atoms with van der Waals surface area (Å²) >= 11 is 0. The number of urea groups is 1. The maximum atomic E-state index is 12.4. The molecule has 1 N–H and O–H groups in total. The monoisotopic (exact) mass is 349 g/mol. The van der Waals surface area contributed by atoms with Crippen LogP contribution < -0.4 is 5.32 Å². The molecule has 6 heteroatoms. The van der Waals surface area contributed by atoms with E-state index in [1.54, 1.807) is 0 Å². The molecular weight excluding hydrogens is 314 g/mol. The van der Waals surface area contributed by atoms with Crippen LogP contribution in [0.5, 0.6) is 0 Å². The van der Waals surface area contributed by atoms with Gasteiger partial charge in [-0.3, -0.25) is 4.68 Å². The molecule has 1 saturated heterocycles. The average Bonchev–Trinajstić information content (AvgIpc) is 3.07. The van der Waals surface area contributed by atoms with Gasteiger partial charge in [0.15, 0.2) is 0 Å². The van der Waals surface area contributed by atoms with E-state index in [1.807, 2.05) is 28.9 Å². The Hall–Kier alpha value is -1.56. The Morgan fingerprint density at radius 2 is 2.08 bits per heavy atom. The summed E-state index contributed by atoms with van der Waals surface area (Å²) in [4.78, 5) is 16.8. The Balaban J connectivity index is 1.69. The lowest BCUT2D eigenvalue weighted by Gasteiger charge is -2.34. The van der Waals surface area contributed by atoms with Crippen LogP contribution in [-0.4, -0.2) is 57.8 Å². The van der Waals surface area contributed by atoms with Gasteiger partial charge in [-0.15, -0.1) is 0 Å². The lowest BCUT2D eigenvalue weighted by molar-refractivity contribution is 0.145. The number of carbonyl (C=O) groups excluding carboxylic acids is 1. The zero-order valence-electron chi connectivity index (χ0n) is 16.4. The summed E-state index contributed by atoms with van der Waals surface area (Å²) in [5.41, 5.74) is 1.08. The molecule has 0 spiro atoms. The Morgan fingerprint density at radius 1 is 1.36 bits per heavy atom. The number of nitrogens with zero attached hydrogens (tertiary/aromatic N) is 4. The van der Waals surface area contributed by atoms with Gasteiger partial charge in [0.25, 0.3) is 0 Å². The molecule has 1 fully saturated rings. The third kappa shape index (κ3) is 6.03. The minimum atomic E-state index is 0.0337. The molecule has 1 aromatic rings. The highest BCUT2D eigenvalue weighted by atomic mass is 16.2. The fourth-order valence-electron chi connectivity index (χ4n) is 3.46. The highest BCUT2D eigenvalue weighted by Crippen LogP contribution is 2.21. The van der Waals surface area contributed by atoms with Crippen LogP contribution in [0.4, 0.5) is 4.79 Å². The van der Waals surface area contributed by atoms with E-state index < -0.39 is 0 Å². The van der Waals surface area contributed by atoms with Crippen molar-refractivity contribution in [2.24, 2.45) is 5.92 Å². The standard InChI is InChI=1S/C19H35N5O/c1-5-22(14-18-13-21-24(6-2)15-18)19(25)20-10-7-17-8-11-23(12-9-17)16(3)4/h13,15-17H,5-12,14H2,1-4H3,(H,20,25). The van der Waals surface area contributed by atoms with Crippen LogP contribution in [0.3, 0.4) is 0 Å². The summed E-state index contributed by atoms with van der Waals surface area (Å²) in [5.74, 6) is 0.744. The normalized spacial score (nSPS) is 16.4. The number of carbonyl (C=O) groups is 1. The number of amides is 2. The first-order valence-corrected chi connectivity index (χ1v) is 9.81. The first kappa shape index (κ1) is 19.8. The molecular formula is C19H35N5O. The number of aryl methyl sites for hydroxylation is 1. The van der Waals surface area contributed by atoms with Crippen molar-refractivity contribution >= 4 is 6.03 Å². The van der Waals surface area contributed by atoms with E-state index in [0.717, 1.165) is 31.0 Å². The summed E-state index contributed by atoms with van der Waals surface area (Å²) < 4.78 is 1.89. The molecule has 1 aromatic heterocycles. The second kappa shape index (κ2) is 9.80. The number of aromatic nitrogens is 2. The van der Waals surface area contributed by atoms with Crippen LogP contribution in [-0.2, 0) is 13.1 Å². The van der Waals surface area contributed by atoms with E-state index in [-0.39, 0.29) is 6.03 Å². The van der Waals surface area contributed by atoms with E-state index in [2.05, 4.69) is 36.1 Å². The van der Waals surface area contributed by atoms with Gasteiger partial charge in [-0.1, -0.05) is 0 Å². The van der Waals surface area contributed by atoms with Crippen molar-refractivity contribution in [3.8, 4) is 0 Å².